The van der Waals surface area contributed by atoms with Crippen molar-refractivity contribution in [2.24, 2.45) is 4.99 Å². The number of likely N-dealkylation sites (N-methyl/N-ethyl adjacent to an activating group) is 1. The molecule has 2 N–H and O–H groups in total. The van der Waals surface area contributed by atoms with Gasteiger partial charge in [-0.2, -0.15) is 0 Å². The number of unbranched alkanes of at least 4 members (excludes halogenated alkanes) is 1. The highest BCUT2D eigenvalue weighted by Crippen LogP contribution is 2.25. The number of nitrogens with zero attached hydrogens (tertiary/aromatic N) is 2. The Labute approximate surface area is 158 Å². The SMILES string of the molecule is CCCCNC(=NCC(=O)N(C)C)NCC(C)(C)c1cccc(OC)c1. The summed E-state index contributed by atoms with van der Waals surface area (Å²) < 4.78 is 5.33. The molecule has 0 aromatic heterocycles. The van der Waals surface area contributed by atoms with E-state index in [2.05, 4.69) is 48.5 Å². The van der Waals surface area contributed by atoms with Crippen LogP contribution in [0.2, 0.25) is 0 Å². The molecule has 0 saturated carbocycles. The van der Waals surface area contributed by atoms with Crippen LogP contribution in [-0.4, -0.2) is 57.6 Å². The van der Waals surface area contributed by atoms with E-state index in [4.69, 9.17) is 4.74 Å². The summed E-state index contributed by atoms with van der Waals surface area (Å²) in [5, 5.41) is 6.68. The van der Waals surface area contributed by atoms with Crippen LogP contribution in [0.4, 0.5) is 0 Å². The molecule has 1 aromatic carbocycles. The third-order valence-corrected chi connectivity index (χ3v) is 4.24. The largest absolute Gasteiger partial charge is 0.497 e. The average molecular weight is 363 g/mol. The van der Waals surface area contributed by atoms with E-state index >= 15 is 0 Å². The van der Waals surface area contributed by atoms with Crippen LogP contribution in [0.1, 0.15) is 39.2 Å². The van der Waals surface area contributed by atoms with Crippen LogP contribution >= 0.6 is 0 Å². The first-order chi connectivity index (χ1) is 12.3. The molecule has 1 amide bonds. The molecule has 6 nitrogen and oxygen atoms in total. The molecule has 0 aliphatic heterocycles. The molecule has 0 unspecified atom stereocenters. The molecule has 0 spiro atoms. The lowest BCUT2D eigenvalue weighted by atomic mass is 9.84. The van der Waals surface area contributed by atoms with Crippen molar-refractivity contribution in [3.8, 4) is 5.75 Å². The van der Waals surface area contributed by atoms with E-state index in [1.54, 1.807) is 26.1 Å². The van der Waals surface area contributed by atoms with Crippen LogP contribution < -0.4 is 15.4 Å². The Balaban J connectivity index is 2.78. The molecular formula is C20H34N4O2. The number of hydrogen-bond acceptors (Lipinski definition) is 3. The molecule has 0 aliphatic carbocycles. The van der Waals surface area contributed by atoms with Crippen LogP contribution in [0, 0.1) is 0 Å². The number of carbonyl (C=O) groups is 1. The zero-order chi connectivity index (χ0) is 19.6. The average Bonchev–Trinajstić information content (AvgIpc) is 2.63. The van der Waals surface area contributed by atoms with Crippen molar-refractivity contribution in [3.05, 3.63) is 29.8 Å². The molecule has 1 aromatic rings. The molecule has 0 saturated heterocycles. The predicted molar refractivity (Wildman–Crippen MR) is 108 cm³/mol. The normalized spacial score (nSPS) is 11.8. The van der Waals surface area contributed by atoms with Gasteiger partial charge in [-0.15, -0.1) is 0 Å². The number of carbonyl (C=O) groups excluding carboxylic acids is 1. The standard InChI is InChI=1S/C20H34N4O2/c1-7-8-12-21-19(22-14-18(25)24(4)5)23-15-20(2,3)16-10-9-11-17(13-16)26-6/h9-11,13H,7-8,12,14-15H2,1-6H3,(H2,21,22,23). The van der Waals surface area contributed by atoms with Gasteiger partial charge in [0.15, 0.2) is 5.96 Å². The highest BCUT2D eigenvalue weighted by atomic mass is 16.5. The van der Waals surface area contributed by atoms with Gasteiger partial charge in [-0.05, 0) is 24.1 Å². The summed E-state index contributed by atoms with van der Waals surface area (Å²) in [4.78, 5) is 17.8. The lowest BCUT2D eigenvalue weighted by Crippen LogP contribution is -2.44. The van der Waals surface area contributed by atoms with Gasteiger partial charge < -0.3 is 20.3 Å². The first kappa shape index (κ1) is 21.8. The maximum absolute atomic E-state index is 11.8. The van der Waals surface area contributed by atoms with Crippen molar-refractivity contribution in [1.82, 2.24) is 15.5 Å². The fraction of sp³-hybridized carbons (Fsp3) is 0.600. The number of nitrogens with one attached hydrogen (secondary N) is 2. The Hall–Kier alpha value is -2.24. The minimum absolute atomic E-state index is 0.0198. The monoisotopic (exact) mass is 362 g/mol. The highest BCUT2D eigenvalue weighted by molar-refractivity contribution is 5.84. The number of hydrogen-bond donors (Lipinski definition) is 2. The van der Waals surface area contributed by atoms with Crippen molar-refractivity contribution in [2.75, 3.05) is 40.8 Å². The van der Waals surface area contributed by atoms with Gasteiger partial charge in [-0.3, -0.25) is 4.79 Å². The van der Waals surface area contributed by atoms with Crippen LogP contribution in [0.5, 0.6) is 5.75 Å². The van der Waals surface area contributed by atoms with Gasteiger partial charge in [0.25, 0.3) is 0 Å². The number of methoxy groups -OCH3 is 1. The van der Waals surface area contributed by atoms with Crippen molar-refractivity contribution in [2.45, 2.75) is 39.0 Å². The quantitative estimate of drug-likeness (QED) is 0.402. The van der Waals surface area contributed by atoms with Crippen LogP contribution in [-0.2, 0) is 10.2 Å². The third kappa shape index (κ3) is 7.33. The number of guanidine groups is 1. The van der Waals surface area contributed by atoms with Gasteiger partial charge in [0, 0.05) is 32.6 Å². The lowest BCUT2D eigenvalue weighted by molar-refractivity contribution is -0.127. The summed E-state index contributed by atoms with van der Waals surface area (Å²) in [6.07, 6.45) is 2.16. The van der Waals surface area contributed by atoms with Crippen LogP contribution in [0.15, 0.2) is 29.3 Å². The van der Waals surface area contributed by atoms with Crippen LogP contribution in [0.3, 0.4) is 0 Å². The van der Waals surface area contributed by atoms with Crippen molar-refractivity contribution in [1.29, 1.82) is 0 Å². The predicted octanol–water partition coefficient (Wildman–Crippen LogP) is 2.40. The fourth-order valence-corrected chi connectivity index (χ4v) is 2.30. The van der Waals surface area contributed by atoms with Gasteiger partial charge in [-0.1, -0.05) is 39.3 Å². The summed E-state index contributed by atoms with van der Waals surface area (Å²) in [7, 11) is 5.15. The molecule has 146 valence electrons. The topological polar surface area (TPSA) is 66.0 Å². The Morgan fingerprint density at radius 2 is 2.00 bits per heavy atom. The highest BCUT2D eigenvalue weighted by Gasteiger charge is 2.21. The van der Waals surface area contributed by atoms with E-state index in [1.165, 1.54) is 5.56 Å². The van der Waals surface area contributed by atoms with Crippen molar-refractivity contribution >= 4 is 11.9 Å². The number of aliphatic imine (C=N–C) groups is 1. The maximum atomic E-state index is 11.8. The van der Waals surface area contributed by atoms with E-state index in [0.29, 0.717) is 12.5 Å². The van der Waals surface area contributed by atoms with Gasteiger partial charge in [0.05, 0.1) is 7.11 Å². The second-order valence-corrected chi connectivity index (χ2v) is 7.20. The second kappa shape index (κ2) is 10.7. The van der Waals surface area contributed by atoms with Gasteiger partial charge in [0.2, 0.25) is 5.91 Å². The van der Waals surface area contributed by atoms with Crippen molar-refractivity contribution < 1.29 is 9.53 Å². The Kier molecular flexibility index (Phi) is 8.96. The fourth-order valence-electron chi connectivity index (χ4n) is 2.30. The summed E-state index contributed by atoms with van der Waals surface area (Å²) in [6, 6.07) is 8.10. The minimum Gasteiger partial charge on any atom is -0.497 e. The zero-order valence-electron chi connectivity index (χ0n) is 17.1. The molecule has 0 radical (unpaired) electrons. The molecule has 6 heteroatoms. The number of ether oxygens (including phenoxy) is 1. The molecule has 1 rings (SSSR count). The Morgan fingerprint density at radius 1 is 1.27 bits per heavy atom. The summed E-state index contributed by atoms with van der Waals surface area (Å²) in [6.45, 7) is 8.14. The van der Waals surface area contributed by atoms with E-state index in [-0.39, 0.29) is 17.9 Å². The van der Waals surface area contributed by atoms with Crippen LogP contribution in [0.25, 0.3) is 0 Å². The van der Waals surface area contributed by atoms with E-state index < -0.39 is 0 Å². The van der Waals surface area contributed by atoms with Crippen molar-refractivity contribution in [3.63, 3.8) is 0 Å². The maximum Gasteiger partial charge on any atom is 0.243 e. The molecule has 0 heterocycles. The smallest absolute Gasteiger partial charge is 0.243 e. The van der Waals surface area contributed by atoms with E-state index in [9.17, 15) is 4.79 Å². The number of benzene rings is 1. The summed E-state index contributed by atoms with van der Waals surface area (Å²) in [5.74, 6) is 1.50. The molecule has 0 bridgehead atoms. The second-order valence-electron chi connectivity index (χ2n) is 7.20. The first-order valence-corrected chi connectivity index (χ1v) is 9.17. The number of rotatable bonds is 9. The van der Waals surface area contributed by atoms with E-state index in [1.807, 2.05) is 12.1 Å². The van der Waals surface area contributed by atoms with Gasteiger partial charge in [-0.25, -0.2) is 4.99 Å². The summed E-state index contributed by atoms with van der Waals surface area (Å²) in [5.41, 5.74) is 1.06. The number of amides is 1. The molecule has 26 heavy (non-hydrogen) atoms. The Morgan fingerprint density at radius 3 is 2.62 bits per heavy atom. The van der Waals surface area contributed by atoms with E-state index in [0.717, 1.165) is 25.1 Å². The molecule has 0 fully saturated rings. The third-order valence-electron chi connectivity index (χ3n) is 4.24. The lowest BCUT2D eigenvalue weighted by Gasteiger charge is -2.27. The molecular weight excluding hydrogens is 328 g/mol. The first-order valence-electron chi connectivity index (χ1n) is 9.17. The Bertz CT molecular complexity index is 597. The molecule has 0 aliphatic rings. The summed E-state index contributed by atoms with van der Waals surface area (Å²) >= 11 is 0. The van der Waals surface area contributed by atoms with Gasteiger partial charge in [0.1, 0.15) is 12.3 Å². The van der Waals surface area contributed by atoms with Gasteiger partial charge >= 0.3 is 0 Å². The minimum atomic E-state index is -0.118. The zero-order valence-corrected chi connectivity index (χ0v) is 17.1. The molecule has 0 atom stereocenters.